The molecule has 0 atom stereocenters. The highest BCUT2D eigenvalue weighted by Gasteiger charge is 2.39. The van der Waals surface area contributed by atoms with Crippen LogP contribution >= 0.6 is 0 Å². The first-order chi connectivity index (χ1) is 7.71. The van der Waals surface area contributed by atoms with Gasteiger partial charge < -0.3 is 15.9 Å². The second-order valence-corrected chi connectivity index (χ2v) is 6.29. The molecule has 94 valence electrons. The van der Waals surface area contributed by atoms with Crippen LogP contribution in [0.5, 0.6) is 11.5 Å². The molecule has 2 rings (SSSR count). The first-order valence-electron chi connectivity index (χ1n) is 6.05. The third-order valence-corrected chi connectivity index (χ3v) is 3.47. The van der Waals surface area contributed by atoms with Gasteiger partial charge in [-0.1, -0.05) is 26.8 Å². The Labute approximate surface area is 102 Å². The summed E-state index contributed by atoms with van der Waals surface area (Å²) in [5, 5.41) is 19.6. The van der Waals surface area contributed by atoms with Crippen LogP contribution < -0.4 is 5.73 Å². The average molecular weight is 235 g/mol. The molecular weight excluding hydrogens is 214 g/mol. The molecule has 1 fully saturated rings. The molecule has 0 saturated heterocycles. The largest absolute Gasteiger partial charge is 0.504 e. The predicted molar refractivity (Wildman–Crippen MR) is 68.3 cm³/mol. The Bertz CT molecular complexity index is 442. The summed E-state index contributed by atoms with van der Waals surface area (Å²) in [6, 6.07) is 3.59. The van der Waals surface area contributed by atoms with Gasteiger partial charge in [-0.15, -0.1) is 0 Å². The molecule has 0 radical (unpaired) electrons. The van der Waals surface area contributed by atoms with Gasteiger partial charge in [0.1, 0.15) is 0 Å². The third kappa shape index (κ3) is 2.55. The Kier molecular flexibility index (Phi) is 2.62. The zero-order valence-electron chi connectivity index (χ0n) is 10.7. The summed E-state index contributed by atoms with van der Waals surface area (Å²) in [6.07, 6.45) is 2.62. The van der Waals surface area contributed by atoms with Gasteiger partial charge in [-0.3, -0.25) is 0 Å². The minimum Gasteiger partial charge on any atom is -0.504 e. The van der Waals surface area contributed by atoms with E-state index in [1.54, 1.807) is 6.07 Å². The van der Waals surface area contributed by atoms with E-state index < -0.39 is 0 Å². The van der Waals surface area contributed by atoms with E-state index >= 15 is 0 Å². The minimum atomic E-state index is -0.166. The molecule has 0 bridgehead atoms. The van der Waals surface area contributed by atoms with E-state index in [0.29, 0.717) is 6.42 Å². The van der Waals surface area contributed by atoms with Crippen LogP contribution in [0.1, 0.15) is 44.7 Å². The molecule has 0 heterocycles. The minimum absolute atomic E-state index is 0.0188. The lowest BCUT2D eigenvalue weighted by atomic mass is 9.85. The molecule has 1 aliphatic carbocycles. The number of nitrogens with two attached hydrogens (primary N) is 1. The Morgan fingerprint density at radius 1 is 1.24 bits per heavy atom. The van der Waals surface area contributed by atoms with Crippen molar-refractivity contribution >= 4 is 0 Å². The summed E-state index contributed by atoms with van der Waals surface area (Å²) < 4.78 is 0. The van der Waals surface area contributed by atoms with Crippen molar-refractivity contribution in [2.45, 2.75) is 51.0 Å². The lowest BCUT2D eigenvalue weighted by Gasteiger charge is -2.22. The van der Waals surface area contributed by atoms with Crippen molar-refractivity contribution in [3.05, 3.63) is 23.3 Å². The number of hydrogen-bond donors (Lipinski definition) is 3. The molecule has 17 heavy (non-hydrogen) atoms. The third-order valence-electron chi connectivity index (χ3n) is 3.47. The van der Waals surface area contributed by atoms with Gasteiger partial charge in [0.05, 0.1) is 0 Å². The molecule has 4 N–H and O–H groups in total. The van der Waals surface area contributed by atoms with Crippen LogP contribution in [0.4, 0.5) is 0 Å². The quantitative estimate of drug-likeness (QED) is 0.690. The van der Waals surface area contributed by atoms with Crippen molar-refractivity contribution in [3.8, 4) is 11.5 Å². The monoisotopic (exact) mass is 235 g/mol. The zero-order valence-corrected chi connectivity index (χ0v) is 10.7. The molecule has 0 spiro atoms. The maximum atomic E-state index is 9.87. The molecule has 0 unspecified atom stereocenters. The Morgan fingerprint density at radius 2 is 1.82 bits per heavy atom. The van der Waals surface area contributed by atoms with E-state index in [0.717, 1.165) is 24.0 Å². The van der Waals surface area contributed by atoms with Gasteiger partial charge in [0, 0.05) is 5.54 Å². The van der Waals surface area contributed by atoms with E-state index in [-0.39, 0.29) is 22.5 Å². The summed E-state index contributed by atoms with van der Waals surface area (Å²) in [7, 11) is 0. The summed E-state index contributed by atoms with van der Waals surface area (Å²) in [5.41, 5.74) is 7.63. The molecule has 3 nitrogen and oxygen atoms in total. The van der Waals surface area contributed by atoms with Gasteiger partial charge in [-0.05, 0) is 41.9 Å². The van der Waals surface area contributed by atoms with Crippen molar-refractivity contribution in [2.75, 3.05) is 0 Å². The topological polar surface area (TPSA) is 66.5 Å². The highest BCUT2D eigenvalue weighted by atomic mass is 16.3. The van der Waals surface area contributed by atoms with Crippen LogP contribution in [0.3, 0.4) is 0 Å². The molecule has 1 aromatic carbocycles. The first-order valence-corrected chi connectivity index (χ1v) is 6.05. The lowest BCUT2D eigenvalue weighted by molar-refractivity contribution is 0.395. The van der Waals surface area contributed by atoms with E-state index in [4.69, 9.17) is 5.73 Å². The second-order valence-electron chi connectivity index (χ2n) is 6.29. The van der Waals surface area contributed by atoms with E-state index in [2.05, 4.69) is 20.8 Å². The molecule has 1 aliphatic rings. The lowest BCUT2D eigenvalue weighted by Crippen LogP contribution is -2.25. The summed E-state index contributed by atoms with van der Waals surface area (Å²) >= 11 is 0. The number of aromatic hydroxyl groups is 2. The standard InChI is InChI=1S/C14H21NO2/c1-13(2,3)10-6-9(8-14(15)4-5-14)12(17)11(16)7-10/h6-7,16-17H,4-5,8,15H2,1-3H3. The van der Waals surface area contributed by atoms with Crippen molar-refractivity contribution < 1.29 is 10.2 Å². The highest BCUT2D eigenvalue weighted by Crippen LogP contribution is 2.41. The van der Waals surface area contributed by atoms with E-state index in [1.165, 1.54) is 0 Å². The van der Waals surface area contributed by atoms with Gasteiger partial charge >= 0.3 is 0 Å². The number of phenolic OH excluding ortho intramolecular Hbond substituents is 2. The maximum Gasteiger partial charge on any atom is 0.160 e. The van der Waals surface area contributed by atoms with Crippen molar-refractivity contribution in [2.24, 2.45) is 5.73 Å². The van der Waals surface area contributed by atoms with Crippen LogP contribution in [0.15, 0.2) is 12.1 Å². The van der Waals surface area contributed by atoms with Gasteiger partial charge in [-0.2, -0.15) is 0 Å². The Morgan fingerprint density at radius 3 is 2.29 bits per heavy atom. The number of phenols is 2. The van der Waals surface area contributed by atoms with Crippen molar-refractivity contribution in [1.29, 1.82) is 0 Å². The van der Waals surface area contributed by atoms with Gasteiger partial charge in [0.15, 0.2) is 11.5 Å². The zero-order chi connectivity index (χ0) is 12.8. The van der Waals surface area contributed by atoms with Gasteiger partial charge in [0.25, 0.3) is 0 Å². The first kappa shape index (κ1) is 12.2. The maximum absolute atomic E-state index is 9.87. The second kappa shape index (κ2) is 3.64. The van der Waals surface area contributed by atoms with Gasteiger partial charge in [-0.25, -0.2) is 0 Å². The fraction of sp³-hybridized carbons (Fsp3) is 0.571. The Balaban J connectivity index is 2.39. The van der Waals surface area contributed by atoms with E-state index in [1.807, 2.05) is 6.07 Å². The predicted octanol–water partition coefficient (Wildman–Crippen LogP) is 2.43. The fourth-order valence-corrected chi connectivity index (χ4v) is 1.96. The SMILES string of the molecule is CC(C)(C)c1cc(O)c(O)c(CC2(N)CC2)c1. The van der Waals surface area contributed by atoms with Crippen LogP contribution in [-0.4, -0.2) is 15.8 Å². The summed E-state index contributed by atoms with van der Waals surface area (Å²) in [6.45, 7) is 6.24. The van der Waals surface area contributed by atoms with Crippen LogP contribution in [-0.2, 0) is 11.8 Å². The molecule has 0 aromatic heterocycles. The van der Waals surface area contributed by atoms with Crippen LogP contribution in [0, 0.1) is 0 Å². The Hall–Kier alpha value is -1.22. The average Bonchev–Trinajstić information content (AvgIpc) is 2.89. The summed E-state index contributed by atoms with van der Waals surface area (Å²) in [4.78, 5) is 0. The van der Waals surface area contributed by atoms with Crippen molar-refractivity contribution in [3.63, 3.8) is 0 Å². The molecular formula is C14H21NO2. The van der Waals surface area contributed by atoms with Crippen molar-refractivity contribution in [1.82, 2.24) is 0 Å². The van der Waals surface area contributed by atoms with E-state index in [9.17, 15) is 10.2 Å². The number of rotatable bonds is 2. The number of hydrogen-bond acceptors (Lipinski definition) is 3. The molecule has 0 amide bonds. The van der Waals surface area contributed by atoms with Crippen LogP contribution in [0.2, 0.25) is 0 Å². The van der Waals surface area contributed by atoms with Gasteiger partial charge in [0.2, 0.25) is 0 Å². The normalized spacial score (nSPS) is 18.1. The number of benzene rings is 1. The van der Waals surface area contributed by atoms with Crippen LogP contribution in [0.25, 0.3) is 0 Å². The molecule has 0 aliphatic heterocycles. The smallest absolute Gasteiger partial charge is 0.160 e. The molecule has 1 saturated carbocycles. The molecule has 3 heteroatoms. The molecule has 1 aromatic rings. The highest BCUT2D eigenvalue weighted by molar-refractivity contribution is 5.50. The fourth-order valence-electron chi connectivity index (χ4n) is 1.96. The summed E-state index contributed by atoms with van der Waals surface area (Å²) in [5.74, 6) is -0.0635.